The first-order chi connectivity index (χ1) is 19.6. The third kappa shape index (κ3) is 10.8. The van der Waals surface area contributed by atoms with Crippen molar-refractivity contribution in [2.75, 3.05) is 90.8 Å². The number of ether oxygens (including phenoxy) is 6. The van der Waals surface area contributed by atoms with Crippen LogP contribution in [0.5, 0.6) is 23.0 Å². The maximum absolute atomic E-state index is 9.75. The summed E-state index contributed by atoms with van der Waals surface area (Å²) < 4.78 is 70.7. The van der Waals surface area contributed by atoms with Gasteiger partial charge < -0.3 is 67.9 Å². The topological polar surface area (TPSA) is 118 Å². The van der Waals surface area contributed by atoms with Gasteiger partial charge in [0, 0.05) is 38.3 Å². The molecule has 2 heterocycles. The second-order valence-corrected chi connectivity index (χ2v) is 8.29. The Kier molecular flexibility index (Phi) is 15.3. The molecule has 2 aliphatic heterocycles. The Balaban J connectivity index is 0.000000355. The van der Waals surface area contributed by atoms with Crippen molar-refractivity contribution in [3.8, 4) is 23.0 Å². The van der Waals surface area contributed by atoms with Crippen molar-refractivity contribution in [1.29, 1.82) is 10.8 Å². The fourth-order valence-electron chi connectivity index (χ4n) is 3.99. The van der Waals surface area contributed by atoms with Crippen molar-refractivity contribution in [3.63, 3.8) is 0 Å². The molecule has 0 N–H and O–H groups in total. The molecule has 0 atom stereocenters. The molecule has 4 rings (SSSR count). The number of morpholine rings is 2. The zero-order valence-electron chi connectivity index (χ0n) is 23.6. The Hall–Kier alpha value is -3.93. The highest BCUT2D eigenvalue weighted by Crippen LogP contribution is 2.41. The lowest BCUT2D eigenvalue weighted by molar-refractivity contribution is -0.0000171. The Labute approximate surface area is 247 Å². The number of benzene rings is 2. The summed E-state index contributed by atoms with van der Waals surface area (Å²) in [7, 11) is 0.263. The van der Waals surface area contributed by atoms with Crippen molar-refractivity contribution < 1.29 is 58.1 Å². The molecule has 0 aromatic heterocycles. The largest absolute Gasteiger partial charge is 1.00 e. The fourth-order valence-corrected chi connectivity index (χ4v) is 3.99. The summed E-state index contributed by atoms with van der Waals surface area (Å²) >= 11 is 0. The Bertz CT molecular complexity index is 1130. The van der Waals surface area contributed by atoms with Gasteiger partial charge in [0.25, 0.3) is 0 Å². The molecular weight excluding hydrogens is 591 g/mol. The van der Waals surface area contributed by atoms with E-state index in [2.05, 4.69) is 19.8 Å². The van der Waals surface area contributed by atoms with Gasteiger partial charge in [0.15, 0.2) is 21.5 Å². The molecule has 2 aromatic carbocycles. The highest BCUT2D eigenvalue weighted by Gasteiger charge is 2.25. The lowest BCUT2D eigenvalue weighted by Crippen LogP contribution is -3.00. The van der Waals surface area contributed by atoms with Crippen molar-refractivity contribution in [2.24, 2.45) is 0 Å². The summed E-state index contributed by atoms with van der Waals surface area (Å²) in [6.45, 7) is 5.97. The smallest absolute Gasteiger partial charge is 0.673 e. The maximum atomic E-state index is 9.75. The number of rotatable bonds is 6. The second kappa shape index (κ2) is 17.8. The van der Waals surface area contributed by atoms with Crippen LogP contribution in [0.25, 0.3) is 9.95 Å². The molecule has 0 unspecified atom stereocenters. The van der Waals surface area contributed by atoms with Gasteiger partial charge in [-0.25, -0.2) is 0 Å². The van der Waals surface area contributed by atoms with Crippen molar-refractivity contribution in [2.45, 2.75) is 0 Å². The minimum atomic E-state index is -6.00. The Morgan fingerprint density at radius 1 is 0.619 bits per heavy atom. The predicted octanol–water partition coefficient (Wildman–Crippen LogP) is 2.35. The molecule has 0 bridgehead atoms. The summed E-state index contributed by atoms with van der Waals surface area (Å²) in [5, 5.41) is 17.9. The molecule has 12 nitrogen and oxygen atoms in total. The van der Waals surface area contributed by atoms with E-state index in [0.717, 1.165) is 37.6 Å². The minimum Gasteiger partial charge on any atom is -1.00 e. The van der Waals surface area contributed by atoms with Crippen LogP contribution in [-0.2, 0) is 9.47 Å². The summed E-state index contributed by atoms with van der Waals surface area (Å²) in [5.74, 6) is 2.34. The van der Waals surface area contributed by atoms with Crippen LogP contribution < -0.4 is 41.2 Å². The second-order valence-electron chi connectivity index (χ2n) is 8.29. The molecule has 2 fully saturated rings. The van der Waals surface area contributed by atoms with Crippen molar-refractivity contribution in [3.05, 3.63) is 34.2 Å². The van der Waals surface area contributed by atoms with Gasteiger partial charge in [0.2, 0.25) is 22.3 Å². The summed E-state index contributed by atoms with van der Waals surface area (Å²) in [6.07, 6.45) is 0. The maximum Gasteiger partial charge on any atom is 0.673 e. The molecule has 0 spiro atoms. The lowest BCUT2D eigenvalue weighted by Gasteiger charge is -2.29. The van der Waals surface area contributed by atoms with Gasteiger partial charge in [-0.15, -0.1) is 0 Å². The number of anilines is 2. The van der Waals surface area contributed by atoms with Crippen LogP contribution in [0.2, 0.25) is 0 Å². The third-order valence-electron chi connectivity index (χ3n) is 5.88. The number of methoxy groups -OCH3 is 4. The average molecular weight is 623 g/mol. The molecule has 2 aromatic rings. The quantitative estimate of drug-likeness (QED) is 0.270. The van der Waals surface area contributed by atoms with E-state index >= 15 is 0 Å². The van der Waals surface area contributed by atoms with Gasteiger partial charge >= 0.3 is 18.6 Å². The standard InChI is InChI=1S/2C12H16N3O3.BF4.ClH/c2*1-16-11-8-10(15-3-5-18-6-4-15)12(17-2)7-9(11)14-13;2-1(3,4)5;/h2*7-8H,3-6H2,1-2H3;;1H/q2*+1;-1;/p-1. The van der Waals surface area contributed by atoms with E-state index in [1.807, 2.05) is 12.1 Å². The zero-order chi connectivity index (χ0) is 30.4. The summed E-state index contributed by atoms with van der Waals surface area (Å²) in [4.78, 5) is 10.7. The zero-order valence-corrected chi connectivity index (χ0v) is 24.3. The SMILES string of the molecule is COc1cc(N2CCOCC2)c(OC)cc1[N+]#N.COc1cc(N2CCOCC2)c(OC)cc1[N+]#N.F[B-](F)(F)F.[Cl-]. The highest BCUT2D eigenvalue weighted by molar-refractivity contribution is 6.50. The average Bonchev–Trinajstić information content (AvgIpc) is 2.99. The van der Waals surface area contributed by atoms with Gasteiger partial charge in [-0.3, -0.25) is 0 Å². The molecular formula is C24H32BClF4N6O6. The molecule has 42 heavy (non-hydrogen) atoms. The molecule has 232 valence electrons. The number of hydrogen-bond acceptors (Lipinski definition) is 10. The minimum absolute atomic E-state index is 0. The van der Waals surface area contributed by atoms with Crippen LogP contribution in [0.3, 0.4) is 0 Å². The molecule has 0 aliphatic carbocycles. The summed E-state index contributed by atoms with van der Waals surface area (Å²) in [6, 6.07) is 6.95. The molecule has 18 heteroatoms. The molecule has 2 aliphatic rings. The normalized spacial score (nSPS) is 14.3. The van der Waals surface area contributed by atoms with Gasteiger partial charge in [-0.2, -0.15) is 0 Å². The van der Waals surface area contributed by atoms with Crippen LogP contribution in [0.1, 0.15) is 0 Å². The van der Waals surface area contributed by atoms with Crippen LogP contribution in [0, 0.1) is 10.8 Å². The Morgan fingerprint density at radius 3 is 1.14 bits per heavy atom. The number of nitrogens with zero attached hydrogens (tertiary/aromatic N) is 6. The van der Waals surface area contributed by atoms with Gasteiger partial charge in [-0.05, 0) is 0 Å². The number of hydrogen-bond donors (Lipinski definition) is 0. The number of diazo groups is 2. The van der Waals surface area contributed by atoms with E-state index in [1.54, 1.807) is 40.6 Å². The van der Waals surface area contributed by atoms with E-state index < -0.39 is 7.25 Å². The van der Waals surface area contributed by atoms with Crippen LogP contribution in [-0.4, -0.2) is 88.3 Å². The predicted molar refractivity (Wildman–Crippen MR) is 145 cm³/mol. The highest BCUT2D eigenvalue weighted by atomic mass is 35.5. The first kappa shape index (κ1) is 36.1. The van der Waals surface area contributed by atoms with E-state index in [9.17, 15) is 17.3 Å². The van der Waals surface area contributed by atoms with Crippen molar-refractivity contribution >= 4 is 30.0 Å². The Morgan fingerprint density at radius 2 is 0.905 bits per heavy atom. The van der Waals surface area contributed by atoms with E-state index in [-0.39, 0.29) is 12.4 Å². The van der Waals surface area contributed by atoms with Gasteiger partial charge in [0.1, 0.15) is 0 Å². The van der Waals surface area contributed by atoms with E-state index in [1.165, 1.54) is 0 Å². The first-order valence-corrected chi connectivity index (χ1v) is 12.3. The van der Waals surface area contributed by atoms with Crippen molar-refractivity contribution in [1.82, 2.24) is 0 Å². The third-order valence-corrected chi connectivity index (χ3v) is 5.88. The monoisotopic (exact) mass is 622 g/mol. The van der Waals surface area contributed by atoms with Gasteiger partial charge in [-0.1, -0.05) is 0 Å². The summed E-state index contributed by atoms with van der Waals surface area (Å²) in [5.41, 5.74) is 2.55. The molecule has 0 amide bonds. The fraction of sp³-hybridized carbons (Fsp3) is 0.500. The van der Waals surface area contributed by atoms with E-state index in [4.69, 9.17) is 39.2 Å². The molecule has 2 saturated heterocycles. The van der Waals surface area contributed by atoms with E-state index in [0.29, 0.717) is 60.8 Å². The molecule has 0 saturated carbocycles. The van der Waals surface area contributed by atoms with Crippen LogP contribution >= 0.6 is 0 Å². The molecule has 0 radical (unpaired) electrons. The lowest BCUT2D eigenvalue weighted by atomic mass is 10.2. The van der Waals surface area contributed by atoms with Gasteiger partial charge in [0.05, 0.1) is 78.4 Å². The van der Waals surface area contributed by atoms with Crippen LogP contribution in [0.4, 0.5) is 40.0 Å². The van der Waals surface area contributed by atoms with Crippen LogP contribution in [0.15, 0.2) is 24.3 Å². The first-order valence-electron chi connectivity index (χ1n) is 12.3. The number of halogens is 5.